The molecule has 28 heavy (non-hydrogen) atoms. The van der Waals surface area contributed by atoms with Crippen molar-refractivity contribution in [1.82, 2.24) is 4.98 Å². The smallest absolute Gasteiger partial charge is 0.258 e. The van der Waals surface area contributed by atoms with Gasteiger partial charge in [0.1, 0.15) is 0 Å². The van der Waals surface area contributed by atoms with E-state index in [1.807, 2.05) is 78.6 Å². The van der Waals surface area contributed by atoms with Crippen LogP contribution in [0.1, 0.15) is 27.0 Å². The van der Waals surface area contributed by atoms with Crippen molar-refractivity contribution in [2.45, 2.75) is 20.4 Å². The van der Waals surface area contributed by atoms with E-state index in [1.54, 1.807) is 6.20 Å². The molecule has 1 amide bonds. The lowest BCUT2D eigenvalue weighted by Gasteiger charge is -2.25. The number of benzene rings is 3. The lowest BCUT2D eigenvalue weighted by Crippen LogP contribution is -2.31. The summed E-state index contributed by atoms with van der Waals surface area (Å²) in [5, 5.41) is 0.967. The Bertz CT molecular complexity index is 1150. The third-order valence-electron chi connectivity index (χ3n) is 5.09. The van der Waals surface area contributed by atoms with Crippen LogP contribution in [-0.2, 0) is 6.54 Å². The molecule has 138 valence electrons. The predicted molar refractivity (Wildman–Crippen MR) is 115 cm³/mol. The number of para-hydroxylation sites is 1. The Morgan fingerprint density at radius 3 is 2.39 bits per heavy atom. The number of amides is 1. The quantitative estimate of drug-likeness (QED) is 0.464. The van der Waals surface area contributed by atoms with Gasteiger partial charge in [-0.3, -0.25) is 9.78 Å². The molecule has 0 saturated carbocycles. The highest BCUT2D eigenvalue weighted by atomic mass is 16.2. The van der Waals surface area contributed by atoms with Crippen molar-refractivity contribution in [3.05, 3.63) is 107 Å². The summed E-state index contributed by atoms with van der Waals surface area (Å²) in [7, 11) is 0. The first-order valence-electron chi connectivity index (χ1n) is 9.40. The van der Waals surface area contributed by atoms with Crippen molar-refractivity contribution in [1.29, 1.82) is 0 Å². The Hall–Kier alpha value is -3.46. The van der Waals surface area contributed by atoms with Crippen LogP contribution < -0.4 is 4.90 Å². The fourth-order valence-electron chi connectivity index (χ4n) is 3.45. The molecule has 0 saturated heterocycles. The van der Waals surface area contributed by atoms with Gasteiger partial charge in [0.05, 0.1) is 12.1 Å². The molecule has 0 radical (unpaired) electrons. The molecule has 1 aromatic heterocycles. The minimum Gasteiger partial charge on any atom is -0.304 e. The molecule has 1 heterocycles. The van der Waals surface area contributed by atoms with E-state index < -0.39 is 0 Å². The number of carbonyl (C=O) groups excluding carboxylic acids is 1. The average molecular weight is 366 g/mol. The first-order chi connectivity index (χ1) is 13.6. The van der Waals surface area contributed by atoms with Gasteiger partial charge in [-0.2, -0.15) is 0 Å². The summed E-state index contributed by atoms with van der Waals surface area (Å²) < 4.78 is 0. The molecular formula is C25H22N2O. The van der Waals surface area contributed by atoms with Crippen molar-refractivity contribution in [2.75, 3.05) is 4.90 Å². The number of hydrogen-bond acceptors (Lipinski definition) is 2. The van der Waals surface area contributed by atoms with Crippen molar-refractivity contribution in [3.63, 3.8) is 0 Å². The molecule has 3 heteroatoms. The van der Waals surface area contributed by atoms with E-state index >= 15 is 0 Å². The van der Waals surface area contributed by atoms with Gasteiger partial charge in [-0.25, -0.2) is 0 Å². The van der Waals surface area contributed by atoms with Gasteiger partial charge in [0.15, 0.2) is 0 Å². The zero-order valence-electron chi connectivity index (χ0n) is 16.1. The maximum Gasteiger partial charge on any atom is 0.258 e. The van der Waals surface area contributed by atoms with E-state index in [2.05, 4.69) is 24.0 Å². The third kappa shape index (κ3) is 3.52. The van der Waals surface area contributed by atoms with E-state index in [4.69, 9.17) is 0 Å². The van der Waals surface area contributed by atoms with Gasteiger partial charge in [0.25, 0.3) is 5.91 Å². The Kier molecular flexibility index (Phi) is 4.90. The second-order valence-corrected chi connectivity index (χ2v) is 7.02. The molecule has 3 aromatic carbocycles. The standard InChI is InChI=1S/C25H22N2O/c1-18-8-3-5-10-22(18)17-27(24-12-6-4-9-19(24)2)25(28)21-13-14-23-20(16-21)11-7-15-26-23/h3-16H,17H2,1-2H3. The number of pyridine rings is 1. The third-order valence-corrected chi connectivity index (χ3v) is 5.09. The molecule has 0 bridgehead atoms. The van der Waals surface area contributed by atoms with E-state index in [0.29, 0.717) is 12.1 Å². The molecule has 0 fully saturated rings. The summed E-state index contributed by atoms with van der Waals surface area (Å²) in [5.74, 6) is -0.0108. The lowest BCUT2D eigenvalue weighted by atomic mass is 10.0. The highest BCUT2D eigenvalue weighted by molar-refractivity contribution is 6.08. The molecular weight excluding hydrogens is 344 g/mol. The van der Waals surface area contributed by atoms with Gasteiger partial charge in [-0.1, -0.05) is 48.5 Å². The number of nitrogens with zero attached hydrogens (tertiary/aromatic N) is 2. The highest BCUT2D eigenvalue weighted by Gasteiger charge is 2.20. The first-order valence-corrected chi connectivity index (χ1v) is 9.40. The van der Waals surface area contributed by atoms with Gasteiger partial charge in [0, 0.05) is 22.8 Å². The molecule has 0 unspecified atom stereocenters. The zero-order valence-corrected chi connectivity index (χ0v) is 16.1. The molecule has 0 N–H and O–H groups in total. The van der Waals surface area contributed by atoms with Crippen LogP contribution in [0.3, 0.4) is 0 Å². The van der Waals surface area contributed by atoms with Crippen LogP contribution >= 0.6 is 0 Å². The minimum atomic E-state index is -0.0108. The molecule has 0 aliphatic rings. The number of aromatic nitrogens is 1. The maximum absolute atomic E-state index is 13.6. The Morgan fingerprint density at radius 1 is 0.857 bits per heavy atom. The van der Waals surface area contributed by atoms with E-state index in [-0.39, 0.29) is 5.91 Å². The molecule has 0 spiro atoms. The fraction of sp³-hybridized carbons (Fsp3) is 0.120. The molecule has 4 rings (SSSR count). The number of aryl methyl sites for hydroxylation is 2. The van der Waals surface area contributed by atoms with Crippen LogP contribution in [0.2, 0.25) is 0 Å². The molecule has 0 aliphatic carbocycles. The van der Waals surface area contributed by atoms with Crippen LogP contribution in [0.25, 0.3) is 10.9 Å². The number of hydrogen-bond donors (Lipinski definition) is 0. The minimum absolute atomic E-state index is 0.0108. The maximum atomic E-state index is 13.6. The van der Waals surface area contributed by atoms with Crippen LogP contribution in [0.4, 0.5) is 5.69 Å². The van der Waals surface area contributed by atoms with Gasteiger partial charge in [0.2, 0.25) is 0 Å². The lowest BCUT2D eigenvalue weighted by molar-refractivity contribution is 0.0985. The Labute approximate surface area is 165 Å². The van der Waals surface area contributed by atoms with Gasteiger partial charge < -0.3 is 4.90 Å². The van der Waals surface area contributed by atoms with Crippen LogP contribution in [0, 0.1) is 13.8 Å². The number of fused-ring (bicyclic) bond motifs is 1. The summed E-state index contributed by atoms with van der Waals surface area (Å²) in [4.78, 5) is 19.8. The second-order valence-electron chi connectivity index (χ2n) is 7.02. The second kappa shape index (κ2) is 7.65. The van der Waals surface area contributed by atoms with Crippen LogP contribution in [-0.4, -0.2) is 10.9 Å². The zero-order chi connectivity index (χ0) is 19.5. The summed E-state index contributed by atoms with van der Waals surface area (Å²) in [6.45, 7) is 4.65. The van der Waals surface area contributed by atoms with E-state index in [1.165, 1.54) is 5.56 Å². The van der Waals surface area contributed by atoms with Crippen molar-refractivity contribution in [2.24, 2.45) is 0 Å². The number of rotatable bonds is 4. The van der Waals surface area contributed by atoms with Gasteiger partial charge >= 0.3 is 0 Å². The number of anilines is 1. The predicted octanol–water partition coefficient (Wildman–Crippen LogP) is 5.70. The molecule has 4 aromatic rings. The van der Waals surface area contributed by atoms with Crippen molar-refractivity contribution >= 4 is 22.5 Å². The van der Waals surface area contributed by atoms with Gasteiger partial charge in [-0.05, 0) is 60.9 Å². The molecule has 3 nitrogen and oxygen atoms in total. The summed E-state index contributed by atoms with van der Waals surface area (Å²) in [6, 6.07) is 25.8. The fourth-order valence-corrected chi connectivity index (χ4v) is 3.45. The molecule has 0 aliphatic heterocycles. The highest BCUT2D eigenvalue weighted by Crippen LogP contribution is 2.26. The van der Waals surface area contributed by atoms with Crippen molar-refractivity contribution in [3.8, 4) is 0 Å². The Morgan fingerprint density at radius 2 is 1.61 bits per heavy atom. The number of carbonyl (C=O) groups is 1. The largest absolute Gasteiger partial charge is 0.304 e. The van der Waals surface area contributed by atoms with Gasteiger partial charge in [-0.15, -0.1) is 0 Å². The first kappa shape index (κ1) is 17.9. The summed E-state index contributed by atoms with van der Waals surface area (Å²) >= 11 is 0. The SMILES string of the molecule is Cc1ccccc1CN(C(=O)c1ccc2ncccc2c1)c1ccccc1C. The average Bonchev–Trinajstić information content (AvgIpc) is 2.73. The van der Waals surface area contributed by atoms with E-state index in [9.17, 15) is 4.79 Å². The summed E-state index contributed by atoms with van der Waals surface area (Å²) in [6.07, 6.45) is 1.77. The van der Waals surface area contributed by atoms with Crippen molar-refractivity contribution < 1.29 is 4.79 Å². The summed E-state index contributed by atoms with van der Waals surface area (Å²) in [5.41, 5.74) is 5.88. The topological polar surface area (TPSA) is 33.2 Å². The monoisotopic (exact) mass is 366 g/mol. The Balaban J connectivity index is 1.78. The van der Waals surface area contributed by atoms with E-state index in [0.717, 1.165) is 27.7 Å². The normalized spacial score (nSPS) is 10.8. The van der Waals surface area contributed by atoms with Crippen LogP contribution in [0.5, 0.6) is 0 Å². The molecule has 0 atom stereocenters. The van der Waals surface area contributed by atoms with Crippen LogP contribution in [0.15, 0.2) is 85.1 Å².